The molecule has 4 nitrogen and oxygen atoms in total. The van der Waals surface area contributed by atoms with Gasteiger partial charge < -0.3 is 9.80 Å². The van der Waals surface area contributed by atoms with Gasteiger partial charge in [-0.3, -0.25) is 9.59 Å². The van der Waals surface area contributed by atoms with Crippen LogP contribution < -0.4 is 4.90 Å². The molecule has 1 saturated heterocycles. The van der Waals surface area contributed by atoms with Crippen LogP contribution in [0.4, 0.5) is 5.69 Å². The molecule has 0 unspecified atom stereocenters. The Morgan fingerprint density at radius 1 is 0.962 bits per heavy atom. The number of piperidine rings is 1. The first-order valence-electron chi connectivity index (χ1n) is 9.38. The molecule has 1 fully saturated rings. The summed E-state index contributed by atoms with van der Waals surface area (Å²) in [4.78, 5) is 29.4. The standard InChI is InChI=1S/C22H26N2O2/c1-3-24(20-12-7-9-17(2)15-20)22(26)19-11-8-10-18(16-19)21(25)23-13-5-4-6-14-23/h7-12,15-16H,3-6,13-14H2,1-2H3. The smallest absolute Gasteiger partial charge is 0.258 e. The van der Waals surface area contributed by atoms with Gasteiger partial charge in [-0.15, -0.1) is 0 Å². The van der Waals surface area contributed by atoms with Crippen LogP contribution in [0.25, 0.3) is 0 Å². The van der Waals surface area contributed by atoms with Gasteiger partial charge in [0.05, 0.1) is 0 Å². The summed E-state index contributed by atoms with van der Waals surface area (Å²) in [7, 11) is 0. The zero-order valence-corrected chi connectivity index (χ0v) is 15.6. The Bertz CT molecular complexity index is 794. The summed E-state index contributed by atoms with van der Waals surface area (Å²) >= 11 is 0. The second-order valence-corrected chi connectivity index (χ2v) is 6.82. The van der Waals surface area contributed by atoms with Crippen LogP contribution >= 0.6 is 0 Å². The van der Waals surface area contributed by atoms with Crippen LogP contribution in [0.15, 0.2) is 48.5 Å². The van der Waals surface area contributed by atoms with Crippen LogP contribution in [0.1, 0.15) is 52.5 Å². The molecule has 1 heterocycles. The highest BCUT2D eigenvalue weighted by Crippen LogP contribution is 2.20. The molecular weight excluding hydrogens is 324 g/mol. The predicted octanol–water partition coefficient (Wildman–Crippen LogP) is 4.29. The van der Waals surface area contributed by atoms with Gasteiger partial charge in [-0.1, -0.05) is 18.2 Å². The maximum atomic E-state index is 13.0. The van der Waals surface area contributed by atoms with Crippen molar-refractivity contribution in [1.29, 1.82) is 0 Å². The Balaban J connectivity index is 1.84. The van der Waals surface area contributed by atoms with Gasteiger partial charge in [0.1, 0.15) is 0 Å². The van der Waals surface area contributed by atoms with Crippen molar-refractivity contribution >= 4 is 17.5 Å². The number of hydrogen-bond donors (Lipinski definition) is 0. The number of amides is 2. The van der Waals surface area contributed by atoms with Crippen molar-refractivity contribution in [3.05, 3.63) is 65.2 Å². The second-order valence-electron chi connectivity index (χ2n) is 6.82. The van der Waals surface area contributed by atoms with E-state index in [0.717, 1.165) is 37.2 Å². The number of carbonyl (C=O) groups excluding carboxylic acids is 2. The van der Waals surface area contributed by atoms with Crippen LogP contribution in [0, 0.1) is 6.92 Å². The normalized spacial score (nSPS) is 14.2. The predicted molar refractivity (Wildman–Crippen MR) is 105 cm³/mol. The first-order valence-corrected chi connectivity index (χ1v) is 9.38. The van der Waals surface area contributed by atoms with E-state index < -0.39 is 0 Å². The van der Waals surface area contributed by atoms with E-state index in [2.05, 4.69) is 0 Å². The van der Waals surface area contributed by atoms with E-state index in [4.69, 9.17) is 0 Å². The first kappa shape index (κ1) is 18.2. The molecule has 0 saturated carbocycles. The molecule has 26 heavy (non-hydrogen) atoms. The molecule has 0 aliphatic carbocycles. The molecule has 0 bridgehead atoms. The Kier molecular flexibility index (Phi) is 5.71. The zero-order valence-electron chi connectivity index (χ0n) is 15.6. The summed E-state index contributed by atoms with van der Waals surface area (Å²) in [6.45, 7) is 6.16. The third-order valence-corrected chi connectivity index (χ3v) is 4.87. The maximum Gasteiger partial charge on any atom is 0.258 e. The summed E-state index contributed by atoms with van der Waals surface area (Å²) in [6.07, 6.45) is 3.30. The number of likely N-dealkylation sites (tertiary alicyclic amines) is 1. The Labute approximate surface area is 155 Å². The molecule has 3 rings (SSSR count). The van der Waals surface area contributed by atoms with E-state index >= 15 is 0 Å². The van der Waals surface area contributed by atoms with E-state index in [9.17, 15) is 9.59 Å². The molecule has 4 heteroatoms. The van der Waals surface area contributed by atoms with E-state index in [1.165, 1.54) is 6.42 Å². The van der Waals surface area contributed by atoms with Crippen molar-refractivity contribution in [1.82, 2.24) is 4.90 Å². The average molecular weight is 350 g/mol. The van der Waals surface area contributed by atoms with E-state index in [1.54, 1.807) is 29.2 Å². The third-order valence-electron chi connectivity index (χ3n) is 4.87. The van der Waals surface area contributed by atoms with Crippen LogP contribution in [0.5, 0.6) is 0 Å². The quantitative estimate of drug-likeness (QED) is 0.825. The van der Waals surface area contributed by atoms with E-state index in [-0.39, 0.29) is 11.8 Å². The molecule has 2 aromatic rings. The molecule has 1 aliphatic heterocycles. The topological polar surface area (TPSA) is 40.6 Å². The van der Waals surface area contributed by atoms with Crippen molar-refractivity contribution in [2.45, 2.75) is 33.1 Å². The Hall–Kier alpha value is -2.62. The lowest BCUT2D eigenvalue weighted by atomic mass is 10.1. The highest BCUT2D eigenvalue weighted by molar-refractivity contribution is 6.07. The monoisotopic (exact) mass is 350 g/mol. The lowest BCUT2D eigenvalue weighted by Gasteiger charge is -2.27. The van der Waals surface area contributed by atoms with Crippen molar-refractivity contribution in [3.8, 4) is 0 Å². The van der Waals surface area contributed by atoms with Crippen LogP contribution in [-0.2, 0) is 0 Å². The largest absolute Gasteiger partial charge is 0.339 e. The molecule has 0 spiro atoms. The number of nitrogens with zero attached hydrogens (tertiary/aromatic N) is 2. The minimum atomic E-state index is -0.0774. The fourth-order valence-electron chi connectivity index (χ4n) is 3.46. The third kappa shape index (κ3) is 3.96. The van der Waals surface area contributed by atoms with Gasteiger partial charge in [0, 0.05) is 36.4 Å². The molecule has 2 aromatic carbocycles. The molecule has 0 N–H and O–H groups in total. The molecule has 2 amide bonds. The Morgan fingerprint density at radius 3 is 2.35 bits per heavy atom. The van der Waals surface area contributed by atoms with E-state index in [0.29, 0.717) is 17.7 Å². The summed E-state index contributed by atoms with van der Waals surface area (Å²) in [5.74, 6) is -0.0515. The molecule has 1 aliphatic rings. The van der Waals surface area contributed by atoms with Crippen molar-refractivity contribution < 1.29 is 9.59 Å². The number of hydrogen-bond acceptors (Lipinski definition) is 2. The van der Waals surface area contributed by atoms with Crippen molar-refractivity contribution in [2.75, 3.05) is 24.5 Å². The fraction of sp³-hybridized carbons (Fsp3) is 0.364. The summed E-state index contributed by atoms with van der Waals surface area (Å²) < 4.78 is 0. The number of benzene rings is 2. The first-order chi connectivity index (χ1) is 12.6. The molecule has 136 valence electrons. The van der Waals surface area contributed by atoms with E-state index in [1.807, 2.05) is 43.0 Å². The molecular formula is C22H26N2O2. The van der Waals surface area contributed by atoms with Gasteiger partial charge >= 0.3 is 0 Å². The number of anilines is 1. The number of rotatable bonds is 4. The van der Waals surface area contributed by atoms with Gasteiger partial charge in [-0.05, 0) is 69.0 Å². The minimum absolute atomic E-state index is 0.0259. The minimum Gasteiger partial charge on any atom is -0.339 e. The van der Waals surface area contributed by atoms with Crippen molar-refractivity contribution in [2.24, 2.45) is 0 Å². The lowest BCUT2D eigenvalue weighted by molar-refractivity contribution is 0.0724. The van der Waals surface area contributed by atoms with Crippen LogP contribution in [0.3, 0.4) is 0 Å². The van der Waals surface area contributed by atoms with Gasteiger partial charge in [-0.2, -0.15) is 0 Å². The number of aryl methyl sites for hydroxylation is 1. The summed E-state index contributed by atoms with van der Waals surface area (Å²) in [6, 6.07) is 15.0. The fourth-order valence-corrected chi connectivity index (χ4v) is 3.46. The highest BCUT2D eigenvalue weighted by atomic mass is 16.2. The van der Waals surface area contributed by atoms with Gasteiger partial charge in [-0.25, -0.2) is 0 Å². The summed E-state index contributed by atoms with van der Waals surface area (Å²) in [5, 5.41) is 0. The van der Waals surface area contributed by atoms with Crippen molar-refractivity contribution in [3.63, 3.8) is 0 Å². The maximum absolute atomic E-state index is 13.0. The van der Waals surface area contributed by atoms with Crippen LogP contribution in [-0.4, -0.2) is 36.3 Å². The lowest BCUT2D eigenvalue weighted by Crippen LogP contribution is -2.36. The van der Waals surface area contributed by atoms with Gasteiger partial charge in [0.25, 0.3) is 11.8 Å². The summed E-state index contributed by atoms with van der Waals surface area (Å²) in [5.41, 5.74) is 3.14. The second kappa shape index (κ2) is 8.17. The van der Waals surface area contributed by atoms with Crippen LogP contribution in [0.2, 0.25) is 0 Å². The SMILES string of the molecule is CCN(C(=O)c1cccc(C(=O)N2CCCCC2)c1)c1cccc(C)c1. The van der Waals surface area contributed by atoms with Gasteiger partial charge in [0.2, 0.25) is 0 Å². The molecule has 0 atom stereocenters. The zero-order chi connectivity index (χ0) is 18.5. The Morgan fingerprint density at radius 2 is 1.65 bits per heavy atom. The average Bonchev–Trinajstić information content (AvgIpc) is 2.69. The van der Waals surface area contributed by atoms with Gasteiger partial charge in [0.15, 0.2) is 0 Å². The molecule has 0 aromatic heterocycles. The highest BCUT2D eigenvalue weighted by Gasteiger charge is 2.21. The number of carbonyl (C=O) groups is 2. The molecule has 0 radical (unpaired) electrons.